The fourth-order valence-corrected chi connectivity index (χ4v) is 5.10. The molecular weight excluding hydrogens is 473 g/mol. The van der Waals surface area contributed by atoms with Crippen molar-refractivity contribution >= 4 is 17.5 Å². The lowest BCUT2D eigenvalue weighted by molar-refractivity contribution is -0.137. The van der Waals surface area contributed by atoms with Gasteiger partial charge < -0.3 is 20.6 Å². The average molecular weight is 507 g/mol. The molecule has 1 fully saturated rings. The lowest BCUT2D eigenvalue weighted by Crippen LogP contribution is -2.40. The first-order valence-corrected chi connectivity index (χ1v) is 12.4. The molecule has 3 rings (SSSR count). The van der Waals surface area contributed by atoms with Crippen LogP contribution in [0.2, 0.25) is 0 Å². The van der Waals surface area contributed by atoms with E-state index >= 15 is 0 Å². The fourth-order valence-electron chi connectivity index (χ4n) is 3.78. The van der Waals surface area contributed by atoms with Crippen molar-refractivity contribution in [3.8, 4) is 0 Å². The Labute approximate surface area is 209 Å². The minimum atomic E-state index is -4.38. The fraction of sp³-hybridized carbons (Fsp3) is 0.444. The van der Waals surface area contributed by atoms with Gasteiger partial charge in [-0.3, -0.25) is 0 Å². The third-order valence-electron chi connectivity index (χ3n) is 6.20. The summed E-state index contributed by atoms with van der Waals surface area (Å²) >= 11 is 1.43. The van der Waals surface area contributed by atoms with E-state index in [1.165, 1.54) is 23.9 Å². The molecule has 1 aliphatic heterocycles. The van der Waals surface area contributed by atoms with Gasteiger partial charge >= 0.3 is 6.18 Å². The van der Waals surface area contributed by atoms with Crippen molar-refractivity contribution in [1.29, 1.82) is 5.41 Å². The summed E-state index contributed by atoms with van der Waals surface area (Å²) in [5.74, 6) is 0. The molecule has 2 aromatic rings. The highest BCUT2D eigenvalue weighted by atomic mass is 32.2. The van der Waals surface area contributed by atoms with Crippen molar-refractivity contribution in [2.45, 2.75) is 62.1 Å². The third kappa shape index (κ3) is 7.59. The predicted octanol–water partition coefficient (Wildman–Crippen LogP) is 6.45. The molecule has 1 saturated heterocycles. The Bertz CT molecular complexity index is 1040. The molecule has 35 heavy (non-hydrogen) atoms. The largest absolute Gasteiger partial charge is 0.416 e. The maximum atomic E-state index is 13.2. The zero-order chi connectivity index (χ0) is 25.7. The number of aliphatic hydroxyl groups excluding tert-OH is 1. The van der Waals surface area contributed by atoms with E-state index < -0.39 is 17.2 Å². The zero-order valence-electron chi connectivity index (χ0n) is 20.3. The number of hydrogen-bond donors (Lipinski definition) is 3. The lowest BCUT2D eigenvalue weighted by Gasteiger charge is -2.39. The second kappa shape index (κ2) is 11.2. The van der Waals surface area contributed by atoms with Crippen LogP contribution < -0.4 is 5.32 Å². The maximum Gasteiger partial charge on any atom is 0.416 e. The number of thioether (sulfide) groups is 1. The number of nitrogens with one attached hydrogen (secondary N) is 2. The number of rotatable bonds is 9. The van der Waals surface area contributed by atoms with Gasteiger partial charge in [-0.1, -0.05) is 50.2 Å². The van der Waals surface area contributed by atoms with Crippen LogP contribution in [0.4, 0.5) is 13.2 Å². The number of allylic oxidation sites excluding steroid dienone is 1. The molecule has 2 aromatic carbocycles. The van der Waals surface area contributed by atoms with Crippen LogP contribution in [0.3, 0.4) is 0 Å². The first kappa shape index (κ1) is 27.3. The molecule has 3 N–H and O–H groups in total. The Balaban J connectivity index is 1.82. The molecule has 0 amide bonds. The summed E-state index contributed by atoms with van der Waals surface area (Å²) < 4.78 is 45.3. The van der Waals surface area contributed by atoms with Crippen molar-refractivity contribution < 1.29 is 23.0 Å². The van der Waals surface area contributed by atoms with Crippen molar-refractivity contribution in [3.05, 3.63) is 77.5 Å². The van der Waals surface area contributed by atoms with Gasteiger partial charge in [0.25, 0.3) is 0 Å². The number of halogens is 3. The van der Waals surface area contributed by atoms with Crippen LogP contribution in [0.25, 0.3) is 0 Å². The van der Waals surface area contributed by atoms with E-state index in [1.807, 2.05) is 37.3 Å². The molecular formula is C27H33F3N2O2S. The summed E-state index contributed by atoms with van der Waals surface area (Å²) in [6.07, 6.45) is -1.76. The van der Waals surface area contributed by atoms with Gasteiger partial charge in [0, 0.05) is 39.6 Å². The van der Waals surface area contributed by atoms with Crippen LogP contribution in [-0.2, 0) is 17.5 Å². The molecule has 0 saturated carbocycles. The number of aliphatic hydroxyl groups is 1. The lowest BCUT2D eigenvalue weighted by atomic mass is 9.86. The highest BCUT2D eigenvalue weighted by Crippen LogP contribution is 2.44. The summed E-state index contributed by atoms with van der Waals surface area (Å²) in [5, 5.41) is 21.7. The molecule has 0 aliphatic carbocycles. The molecule has 0 radical (unpaired) electrons. The van der Waals surface area contributed by atoms with Crippen LogP contribution in [0.15, 0.2) is 71.3 Å². The van der Waals surface area contributed by atoms with E-state index in [0.717, 1.165) is 17.3 Å². The highest BCUT2D eigenvalue weighted by molar-refractivity contribution is 8.00. The van der Waals surface area contributed by atoms with Crippen molar-refractivity contribution in [1.82, 2.24) is 5.32 Å². The maximum absolute atomic E-state index is 13.2. The molecule has 0 aromatic heterocycles. The number of benzene rings is 2. The minimum absolute atomic E-state index is 0.164. The second-order valence-corrected chi connectivity index (χ2v) is 11.4. The van der Waals surface area contributed by atoms with Crippen molar-refractivity contribution in [2.75, 3.05) is 13.2 Å². The Kier molecular flexibility index (Phi) is 8.72. The second-order valence-electron chi connectivity index (χ2n) is 9.79. The molecule has 2 unspecified atom stereocenters. The van der Waals surface area contributed by atoms with Gasteiger partial charge in [0.1, 0.15) is 0 Å². The van der Waals surface area contributed by atoms with E-state index in [0.29, 0.717) is 30.9 Å². The Morgan fingerprint density at radius 2 is 1.91 bits per heavy atom. The van der Waals surface area contributed by atoms with Crippen LogP contribution in [-0.4, -0.2) is 34.9 Å². The number of ether oxygens (including phenoxy) is 1. The van der Waals surface area contributed by atoms with Crippen LogP contribution in [0.5, 0.6) is 0 Å². The normalized spacial score (nSPS) is 21.6. The average Bonchev–Trinajstić information content (AvgIpc) is 2.81. The SMILES string of the molecule is CC1(Sc2cccc(C(F)(F)F)c2)CCOC(/C(=C/C(=N)C(C)(C)CO)NCc2ccccc2)C1. The van der Waals surface area contributed by atoms with E-state index in [-0.39, 0.29) is 23.2 Å². The quantitative estimate of drug-likeness (QED) is 0.342. The van der Waals surface area contributed by atoms with Crippen molar-refractivity contribution in [3.63, 3.8) is 0 Å². The summed E-state index contributed by atoms with van der Waals surface area (Å²) in [6.45, 7) is 6.48. The standard InChI is InChI=1S/C27H33F3N2O2S/c1-25(2,18-33)24(31)15-22(32-17-19-8-5-4-6-9-19)23-16-26(3,12-13-34-23)35-21-11-7-10-20(14-21)27(28,29)30/h4-11,14-15,23,31-33H,12-13,16-18H2,1-3H3/b22-15-,31-24?. The number of hydrogen-bond acceptors (Lipinski definition) is 5. The molecule has 0 bridgehead atoms. The molecule has 1 aliphatic rings. The number of alkyl halides is 3. The van der Waals surface area contributed by atoms with Gasteiger partial charge in [-0.2, -0.15) is 13.2 Å². The minimum Gasteiger partial charge on any atom is -0.395 e. The molecule has 8 heteroatoms. The first-order valence-electron chi connectivity index (χ1n) is 11.6. The molecule has 4 nitrogen and oxygen atoms in total. The molecule has 190 valence electrons. The monoisotopic (exact) mass is 506 g/mol. The summed E-state index contributed by atoms with van der Waals surface area (Å²) in [6, 6.07) is 15.3. The van der Waals surface area contributed by atoms with Gasteiger partial charge in [0.15, 0.2) is 0 Å². The van der Waals surface area contributed by atoms with E-state index in [9.17, 15) is 18.3 Å². The first-order chi connectivity index (χ1) is 16.4. The smallest absolute Gasteiger partial charge is 0.395 e. The van der Waals surface area contributed by atoms with E-state index in [4.69, 9.17) is 10.1 Å². The summed E-state index contributed by atoms with van der Waals surface area (Å²) in [7, 11) is 0. The van der Waals surface area contributed by atoms with Crippen LogP contribution in [0.1, 0.15) is 44.7 Å². The van der Waals surface area contributed by atoms with Gasteiger partial charge in [0.2, 0.25) is 0 Å². The van der Waals surface area contributed by atoms with Crippen LogP contribution >= 0.6 is 11.8 Å². The zero-order valence-corrected chi connectivity index (χ0v) is 21.1. The van der Waals surface area contributed by atoms with Gasteiger partial charge in [-0.05, 0) is 49.6 Å². The van der Waals surface area contributed by atoms with E-state index in [2.05, 4.69) is 5.32 Å². The van der Waals surface area contributed by atoms with Gasteiger partial charge in [-0.15, -0.1) is 11.8 Å². The van der Waals surface area contributed by atoms with Crippen molar-refractivity contribution in [2.24, 2.45) is 5.41 Å². The molecule has 0 spiro atoms. The molecule has 2 atom stereocenters. The Morgan fingerprint density at radius 1 is 1.20 bits per heavy atom. The van der Waals surface area contributed by atoms with Gasteiger partial charge in [-0.25, -0.2) is 0 Å². The summed E-state index contributed by atoms with van der Waals surface area (Å²) in [5.41, 5.74) is 0.709. The van der Waals surface area contributed by atoms with Gasteiger partial charge in [0.05, 0.1) is 18.3 Å². The summed E-state index contributed by atoms with van der Waals surface area (Å²) in [4.78, 5) is 0.569. The Morgan fingerprint density at radius 3 is 2.57 bits per heavy atom. The third-order valence-corrected chi connectivity index (χ3v) is 7.56. The molecule has 1 heterocycles. The topological polar surface area (TPSA) is 65.3 Å². The predicted molar refractivity (Wildman–Crippen MR) is 135 cm³/mol. The Hall–Kier alpha value is -2.29. The van der Waals surface area contributed by atoms with E-state index in [1.54, 1.807) is 26.0 Å². The highest BCUT2D eigenvalue weighted by Gasteiger charge is 2.37. The van der Waals surface area contributed by atoms with Crippen LogP contribution in [0, 0.1) is 10.8 Å².